The Bertz CT molecular complexity index is 1190. The molecule has 3 aromatic rings. The molecule has 30 heavy (non-hydrogen) atoms. The number of nitrogens with two attached hydrogens (primary N) is 1. The van der Waals surface area contributed by atoms with Gasteiger partial charge in [-0.1, -0.05) is 6.07 Å². The smallest absolute Gasteiger partial charge is 0.240 e. The lowest BCUT2D eigenvalue weighted by Gasteiger charge is -2.31. The van der Waals surface area contributed by atoms with E-state index in [-0.39, 0.29) is 16.9 Å². The van der Waals surface area contributed by atoms with Crippen molar-refractivity contribution in [1.29, 1.82) is 0 Å². The standard InChI is InChI=1S/C20H23N5O3S2/c1-11-3-4-15(30(27,28)24-8-13-5-14(26)6-13)7-16(11)17-9-23-20(21)19(25-17)18-10-22-12(2)29-18/h3-4,7,9-10,13-14,24,26H,5-6,8H2,1-2H3,(H2,21,23)/t13-,14-. The van der Waals surface area contributed by atoms with E-state index in [0.29, 0.717) is 42.2 Å². The van der Waals surface area contributed by atoms with E-state index >= 15 is 0 Å². The average molecular weight is 446 g/mol. The summed E-state index contributed by atoms with van der Waals surface area (Å²) in [7, 11) is -3.68. The van der Waals surface area contributed by atoms with Crippen molar-refractivity contribution >= 4 is 27.2 Å². The molecule has 10 heteroatoms. The zero-order valence-electron chi connectivity index (χ0n) is 16.7. The topological polar surface area (TPSA) is 131 Å². The molecule has 0 bridgehead atoms. The van der Waals surface area contributed by atoms with Crippen molar-refractivity contribution in [3.8, 4) is 21.8 Å². The third-order valence-corrected chi connectivity index (χ3v) is 7.56. The number of anilines is 1. The first-order chi connectivity index (χ1) is 14.2. The molecule has 0 aliphatic heterocycles. The van der Waals surface area contributed by atoms with Crippen LogP contribution in [0.15, 0.2) is 35.5 Å². The van der Waals surface area contributed by atoms with Crippen LogP contribution in [0.1, 0.15) is 23.4 Å². The number of nitrogens with zero attached hydrogens (tertiary/aromatic N) is 3. The van der Waals surface area contributed by atoms with E-state index in [1.54, 1.807) is 30.6 Å². The lowest BCUT2D eigenvalue weighted by Crippen LogP contribution is -2.38. The first-order valence-electron chi connectivity index (χ1n) is 9.57. The number of rotatable bonds is 6. The van der Waals surface area contributed by atoms with E-state index < -0.39 is 10.0 Å². The fourth-order valence-electron chi connectivity index (χ4n) is 3.40. The fraction of sp³-hybridized carbons (Fsp3) is 0.350. The zero-order valence-corrected chi connectivity index (χ0v) is 18.3. The molecule has 0 amide bonds. The number of nitrogen functional groups attached to an aromatic ring is 1. The molecule has 1 aromatic carbocycles. The minimum atomic E-state index is -3.68. The second kappa shape index (κ2) is 8.03. The van der Waals surface area contributed by atoms with Gasteiger partial charge >= 0.3 is 0 Å². The van der Waals surface area contributed by atoms with Gasteiger partial charge in [0.25, 0.3) is 0 Å². The second-order valence-corrected chi connectivity index (χ2v) is 10.6. The molecule has 0 atom stereocenters. The van der Waals surface area contributed by atoms with E-state index in [4.69, 9.17) is 5.73 Å². The highest BCUT2D eigenvalue weighted by Crippen LogP contribution is 2.32. The number of hydrogen-bond donors (Lipinski definition) is 3. The number of sulfonamides is 1. The minimum absolute atomic E-state index is 0.164. The van der Waals surface area contributed by atoms with Gasteiger partial charge in [0.15, 0.2) is 5.82 Å². The van der Waals surface area contributed by atoms with E-state index in [1.807, 2.05) is 13.8 Å². The van der Waals surface area contributed by atoms with Crippen LogP contribution in [0.4, 0.5) is 5.82 Å². The van der Waals surface area contributed by atoms with E-state index in [1.165, 1.54) is 11.3 Å². The Morgan fingerprint density at radius 2 is 2.00 bits per heavy atom. The van der Waals surface area contributed by atoms with Gasteiger partial charge in [-0.15, -0.1) is 11.3 Å². The van der Waals surface area contributed by atoms with Crippen LogP contribution < -0.4 is 10.5 Å². The van der Waals surface area contributed by atoms with Crippen molar-refractivity contribution in [3.63, 3.8) is 0 Å². The zero-order chi connectivity index (χ0) is 21.5. The molecule has 4 rings (SSSR count). The Kier molecular flexibility index (Phi) is 5.58. The number of aryl methyl sites for hydroxylation is 2. The van der Waals surface area contributed by atoms with Gasteiger partial charge in [0, 0.05) is 18.3 Å². The summed E-state index contributed by atoms with van der Waals surface area (Å²) >= 11 is 1.47. The van der Waals surface area contributed by atoms with Gasteiger partial charge in [-0.2, -0.15) is 0 Å². The lowest BCUT2D eigenvalue weighted by atomic mass is 9.83. The number of thiazole rings is 1. The van der Waals surface area contributed by atoms with Gasteiger partial charge in [-0.3, -0.25) is 0 Å². The molecule has 2 aromatic heterocycles. The Hall–Kier alpha value is -2.40. The summed E-state index contributed by atoms with van der Waals surface area (Å²) in [5.41, 5.74) is 8.65. The van der Waals surface area contributed by atoms with Crippen molar-refractivity contribution in [2.45, 2.75) is 37.7 Å². The van der Waals surface area contributed by atoms with Crippen LogP contribution in [0.25, 0.3) is 21.8 Å². The minimum Gasteiger partial charge on any atom is -0.393 e. The summed E-state index contributed by atoms with van der Waals surface area (Å²) in [6.07, 6.45) is 4.20. The predicted molar refractivity (Wildman–Crippen MR) is 116 cm³/mol. The largest absolute Gasteiger partial charge is 0.393 e. The maximum atomic E-state index is 12.8. The molecular formula is C20H23N5O3S2. The van der Waals surface area contributed by atoms with Crippen LogP contribution in [0.3, 0.4) is 0 Å². The van der Waals surface area contributed by atoms with Crippen LogP contribution in [-0.4, -0.2) is 41.1 Å². The summed E-state index contributed by atoms with van der Waals surface area (Å²) in [6, 6.07) is 4.94. The maximum Gasteiger partial charge on any atom is 0.240 e. The number of benzene rings is 1. The van der Waals surface area contributed by atoms with Gasteiger partial charge in [-0.05, 0) is 50.3 Å². The van der Waals surface area contributed by atoms with Gasteiger partial charge in [0.2, 0.25) is 10.0 Å². The molecule has 0 saturated heterocycles. The highest BCUT2D eigenvalue weighted by atomic mass is 32.2. The molecule has 1 fully saturated rings. The van der Waals surface area contributed by atoms with Gasteiger partial charge in [0.05, 0.1) is 32.8 Å². The van der Waals surface area contributed by atoms with Crippen molar-refractivity contribution in [2.24, 2.45) is 5.92 Å². The first-order valence-corrected chi connectivity index (χ1v) is 11.9. The molecule has 0 unspecified atom stereocenters. The number of hydrogen-bond acceptors (Lipinski definition) is 8. The van der Waals surface area contributed by atoms with Crippen molar-refractivity contribution in [2.75, 3.05) is 12.3 Å². The summed E-state index contributed by atoms with van der Waals surface area (Å²) in [5.74, 6) is 0.473. The molecule has 0 spiro atoms. The fourth-order valence-corrected chi connectivity index (χ4v) is 5.32. The number of aromatic nitrogens is 3. The van der Waals surface area contributed by atoms with E-state index in [2.05, 4.69) is 19.7 Å². The monoisotopic (exact) mass is 445 g/mol. The third-order valence-electron chi connectivity index (χ3n) is 5.22. The predicted octanol–water partition coefficient (Wildman–Crippen LogP) is 2.52. The molecule has 8 nitrogen and oxygen atoms in total. The molecule has 1 aliphatic rings. The molecule has 2 heterocycles. The Labute approximate surface area is 179 Å². The Morgan fingerprint density at radius 1 is 1.23 bits per heavy atom. The quantitative estimate of drug-likeness (QED) is 0.531. The van der Waals surface area contributed by atoms with Crippen LogP contribution in [-0.2, 0) is 10.0 Å². The molecule has 1 saturated carbocycles. The molecular weight excluding hydrogens is 422 g/mol. The first kappa shape index (κ1) is 20.9. The van der Waals surface area contributed by atoms with Crippen LogP contribution >= 0.6 is 11.3 Å². The Balaban J connectivity index is 1.65. The van der Waals surface area contributed by atoms with Crippen molar-refractivity contribution in [1.82, 2.24) is 19.7 Å². The number of aliphatic hydroxyl groups excluding tert-OH is 1. The summed E-state index contributed by atoms with van der Waals surface area (Å²) < 4.78 is 28.2. The van der Waals surface area contributed by atoms with E-state index in [0.717, 1.165) is 15.4 Å². The summed E-state index contributed by atoms with van der Waals surface area (Å²) in [4.78, 5) is 14.1. The Morgan fingerprint density at radius 3 is 2.67 bits per heavy atom. The highest BCUT2D eigenvalue weighted by Gasteiger charge is 2.28. The SMILES string of the molecule is Cc1ncc(-c2nc(-c3cc(S(=O)(=O)NC[C@H]4C[C@H](O)C4)ccc3C)cnc2N)s1. The van der Waals surface area contributed by atoms with Gasteiger partial charge in [-0.25, -0.2) is 28.1 Å². The number of nitrogens with one attached hydrogen (secondary N) is 1. The lowest BCUT2D eigenvalue weighted by molar-refractivity contribution is 0.0453. The number of aliphatic hydroxyl groups is 1. The van der Waals surface area contributed by atoms with Crippen LogP contribution in [0.5, 0.6) is 0 Å². The third kappa shape index (κ3) is 4.22. The highest BCUT2D eigenvalue weighted by molar-refractivity contribution is 7.89. The average Bonchev–Trinajstić information content (AvgIpc) is 3.11. The second-order valence-electron chi connectivity index (χ2n) is 7.55. The summed E-state index contributed by atoms with van der Waals surface area (Å²) in [5, 5.41) is 10.3. The van der Waals surface area contributed by atoms with Crippen LogP contribution in [0.2, 0.25) is 0 Å². The molecule has 158 valence electrons. The van der Waals surface area contributed by atoms with E-state index in [9.17, 15) is 13.5 Å². The molecule has 1 aliphatic carbocycles. The summed E-state index contributed by atoms with van der Waals surface area (Å²) in [6.45, 7) is 4.11. The van der Waals surface area contributed by atoms with Gasteiger partial charge in [0.1, 0.15) is 5.69 Å². The van der Waals surface area contributed by atoms with Gasteiger partial charge < -0.3 is 10.8 Å². The molecule has 0 radical (unpaired) electrons. The van der Waals surface area contributed by atoms with Crippen molar-refractivity contribution in [3.05, 3.63) is 41.2 Å². The van der Waals surface area contributed by atoms with Crippen molar-refractivity contribution < 1.29 is 13.5 Å². The van der Waals surface area contributed by atoms with Crippen LogP contribution in [0, 0.1) is 19.8 Å². The molecule has 4 N–H and O–H groups in total. The normalized spacial score (nSPS) is 18.9. The maximum absolute atomic E-state index is 12.8.